The third-order valence-electron chi connectivity index (χ3n) is 8.94. The second-order valence-electron chi connectivity index (χ2n) is 10.8. The first-order valence-corrected chi connectivity index (χ1v) is 13.3. The van der Waals surface area contributed by atoms with E-state index >= 15 is 0 Å². The summed E-state index contributed by atoms with van der Waals surface area (Å²) in [4.78, 5) is 55.7. The maximum Gasteiger partial charge on any atom is 0.297 e. The number of nitro benzene ring substituents is 1. The Morgan fingerprint density at radius 1 is 0.875 bits per heavy atom. The molecule has 202 valence electrons. The third kappa shape index (κ3) is 3.10. The van der Waals surface area contributed by atoms with Crippen molar-refractivity contribution in [1.82, 2.24) is 0 Å². The molecule has 0 unspecified atom stereocenters. The summed E-state index contributed by atoms with van der Waals surface area (Å²) in [6.07, 6.45) is 0.980. The average molecular weight is 537 g/mol. The van der Waals surface area contributed by atoms with Gasteiger partial charge in [0.05, 0.1) is 40.8 Å². The van der Waals surface area contributed by atoms with E-state index in [-0.39, 0.29) is 17.2 Å². The molecular formula is C32H28N2O6. The molecule has 8 nitrogen and oxygen atoms in total. The maximum absolute atomic E-state index is 14.7. The number of carbonyl (C=O) groups is 3. The molecule has 1 heterocycles. The fourth-order valence-electron chi connectivity index (χ4n) is 7.56. The molecule has 0 aromatic heterocycles. The van der Waals surface area contributed by atoms with Gasteiger partial charge < -0.3 is 4.74 Å². The van der Waals surface area contributed by atoms with Crippen LogP contribution in [-0.2, 0) is 14.4 Å². The Kier molecular flexibility index (Phi) is 5.76. The Morgan fingerprint density at radius 2 is 1.45 bits per heavy atom. The summed E-state index contributed by atoms with van der Waals surface area (Å²) in [5, 5.41) is 12.0. The number of Topliss-reactive ketones (excluding diaryl/α,β-unsaturated/α-hetero) is 1. The standard InChI is InChI=1S/C32H28N2O6/c1-4-17-32-25(20-13-9-6-10-14-20)24(19-11-7-5-8-12-19)31(2,30(32)37)26-27(32)29(36)33(28(26)35)22-16-15-21(40-3)18-23(22)34(38)39/h5-16,18,26-27H,4,17H2,1-3H3/t26-,27-,31+,32-/m1/s1. The van der Waals surface area contributed by atoms with E-state index in [1.165, 1.54) is 25.3 Å². The molecular weight excluding hydrogens is 508 g/mol. The number of nitrogens with zero attached hydrogens (tertiary/aromatic N) is 2. The van der Waals surface area contributed by atoms with Crippen molar-refractivity contribution >= 4 is 40.1 Å². The van der Waals surface area contributed by atoms with Crippen molar-refractivity contribution < 1.29 is 24.0 Å². The number of amides is 2. The minimum Gasteiger partial charge on any atom is -0.496 e. The largest absolute Gasteiger partial charge is 0.496 e. The molecule has 1 saturated heterocycles. The van der Waals surface area contributed by atoms with Crippen molar-refractivity contribution in [2.75, 3.05) is 12.0 Å². The Balaban J connectivity index is 1.63. The molecule has 3 aliphatic rings. The lowest BCUT2D eigenvalue weighted by Crippen LogP contribution is -2.41. The van der Waals surface area contributed by atoms with Crippen molar-refractivity contribution in [1.29, 1.82) is 0 Å². The van der Waals surface area contributed by atoms with E-state index in [1.807, 2.05) is 67.6 Å². The lowest BCUT2D eigenvalue weighted by molar-refractivity contribution is -0.384. The number of allylic oxidation sites excluding steroid dienone is 2. The predicted octanol–water partition coefficient (Wildman–Crippen LogP) is 5.71. The highest BCUT2D eigenvalue weighted by atomic mass is 16.6. The molecule has 2 aliphatic carbocycles. The number of ether oxygens (including phenoxy) is 1. The molecule has 3 aromatic rings. The van der Waals surface area contributed by atoms with E-state index in [4.69, 9.17) is 4.74 Å². The molecule has 4 atom stereocenters. The van der Waals surface area contributed by atoms with Gasteiger partial charge in [0, 0.05) is 0 Å². The van der Waals surface area contributed by atoms with E-state index in [0.717, 1.165) is 27.2 Å². The molecule has 40 heavy (non-hydrogen) atoms. The lowest BCUT2D eigenvalue weighted by Gasteiger charge is -2.37. The highest BCUT2D eigenvalue weighted by Crippen LogP contribution is 2.75. The molecule has 2 amide bonds. The van der Waals surface area contributed by atoms with Gasteiger partial charge in [0.15, 0.2) is 5.78 Å². The molecule has 2 bridgehead atoms. The minimum absolute atomic E-state index is 0.111. The zero-order valence-corrected chi connectivity index (χ0v) is 22.4. The normalized spacial score (nSPS) is 27.0. The SMILES string of the molecule is CCC[C@@]12C(=O)[C@@](C)(C(c3ccccc3)=C1c1ccccc1)[C@H]1C(=O)N(c3ccc(OC)cc3[N+](=O)[O-])C(=O)[C@@H]12. The van der Waals surface area contributed by atoms with Crippen LogP contribution in [0.4, 0.5) is 11.4 Å². The van der Waals surface area contributed by atoms with Crippen LogP contribution in [0.25, 0.3) is 11.1 Å². The molecule has 2 fully saturated rings. The highest BCUT2D eigenvalue weighted by Gasteiger charge is 2.80. The Hall–Kier alpha value is -4.59. The summed E-state index contributed by atoms with van der Waals surface area (Å²) in [5.41, 5.74) is 0.128. The van der Waals surface area contributed by atoms with Gasteiger partial charge >= 0.3 is 0 Å². The summed E-state index contributed by atoms with van der Waals surface area (Å²) in [6, 6.07) is 23.2. The maximum atomic E-state index is 14.7. The zero-order valence-electron chi connectivity index (χ0n) is 22.4. The monoisotopic (exact) mass is 536 g/mol. The predicted molar refractivity (Wildman–Crippen MR) is 149 cm³/mol. The van der Waals surface area contributed by atoms with Crippen molar-refractivity contribution in [2.24, 2.45) is 22.7 Å². The van der Waals surface area contributed by atoms with Crippen LogP contribution in [-0.4, -0.2) is 29.6 Å². The number of anilines is 1. The van der Waals surface area contributed by atoms with Gasteiger partial charge in [-0.15, -0.1) is 0 Å². The van der Waals surface area contributed by atoms with Crippen molar-refractivity contribution in [2.45, 2.75) is 26.7 Å². The first kappa shape index (κ1) is 25.7. The van der Waals surface area contributed by atoms with Crippen LogP contribution >= 0.6 is 0 Å². The van der Waals surface area contributed by atoms with Gasteiger partial charge in [-0.25, -0.2) is 4.90 Å². The van der Waals surface area contributed by atoms with Crippen molar-refractivity contribution in [3.8, 4) is 5.75 Å². The molecule has 0 N–H and O–H groups in total. The van der Waals surface area contributed by atoms with Gasteiger partial charge in [0.2, 0.25) is 11.8 Å². The van der Waals surface area contributed by atoms with Crippen LogP contribution in [0.5, 0.6) is 5.75 Å². The van der Waals surface area contributed by atoms with Crippen LogP contribution in [0.1, 0.15) is 37.8 Å². The molecule has 1 saturated carbocycles. The fraction of sp³-hybridized carbons (Fsp3) is 0.281. The van der Waals surface area contributed by atoms with Gasteiger partial charge in [0.1, 0.15) is 11.4 Å². The van der Waals surface area contributed by atoms with Crippen molar-refractivity contribution in [3.05, 3.63) is 100 Å². The van der Waals surface area contributed by atoms with Gasteiger partial charge in [0.25, 0.3) is 5.69 Å². The van der Waals surface area contributed by atoms with E-state index in [2.05, 4.69) is 0 Å². The minimum atomic E-state index is -1.30. The topological polar surface area (TPSA) is 107 Å². The van der Waals surface area contributed by atoms with Gasteiger partial charge in [-0.2, -0.15) is 0 Å². The van der Waals surface area contributed by atoms with E-state index in [0.29, 0.717) is 12.8 Å². The Morgan fingerprint density at radius 3 is 2.00 bits per heavy atom. The Bertz CT molecular complexity index is 1610. The van der Waals surface area contributed by atoms with E-state index in [1.54, 1.807) is 6.92 Å². The molecule has 0 spiro atoms. The number of carbonyl (C=O) groups excluding carboxylic acids is 3. The first-order valence-electron chi connectivity index (χ1n) is 13.3. The first-order chi connectivity index (χ1) is 19.2. The number of nitro groups is 1. The quantitative estimate of drug-likeness (QED) is 0.218. The van der Waals surface area contributed by atoms with Crippen LogP contribution in [0.3, 0.4) is 0 Å². The molecule has 1 aliphatic heterocycles. The molecule has 8 heteroatoms. The van der Waals surface area contributed by atoms with Gasteiger partial charge in [-0.3, -0.25) is 24.5 Å². The number of benzene rings is 3. The number of ketones is 1. The van der Waals surface area contributed by atoms with E-state index in [9.17, 15) is 24.5 Å². The zero-order chi connectivity index (χ0) is 28.4. The summed E-state index contributed by atoms with van der Waals surface area (Å²) in [6.45, 7) is 3.74. The summed E-state index contributed by atoms with van der Waals surface area (Å²) in [7, 11) is 1.38. The number of imide groups is 1. The van der Waals surface area contributed by atoms with Crippen LogP contribution in [0.2, 0.25) is 0 Å². The second kappa shape index (κ2) is 8.98. The number of hydrogen-bond donors (Lipinski definition) is 0. The van der Waals surface area contributed by atoms with Crippen LogP contribution in [0.15, 0.2) is 78.9 Å². The summed E-state index contributed by atoms with van der Waals surface area (Å²) >= 11 is 0. The molecule has 3 aromatic carbocycles. The smallest absolute Gasteiger partial charge is 0.297 e. The average Bonchev–Trinajstić information content (AvgIpc) is 3.43. The second-order valence-corrected chi connectivity index (χ2v) is 10.8. The van der Waals surface area contributed by atoms with Crippen LogP contribution < -0.4 is 9.64 Å². The summed E-state index contributed by atoms with van der Waals surface area (Å²) in [5.74, 6) is -3.00. The van der Waals surface area contributed by atoms with Crippen molar-refractivity contribution in [3.63, 3.8) is 0 Å². The molecule has 6 rings (SSSR count). The lowest BCUT2D eigenvalue weighted by atomic mass is 9.61. The highest BCUT2D eigenvalue weighted by molar-refractivity contribution is 6.35. The summed E-state index contributed by atoms with van der Waals surface area (Å²) < 4.78 is 5.16. The molecule has 0 radical (unpaired) electrons. The fourth-order valence-corrected chi connectivity index (χ4v) is 7.56. The van der Waals surface area contributed by atoms with Crippen LogP contribution in [0, 0.1) is 32.8 Å². The number of fused-ring (bicyclic) bond motifs is 5. The number of methoxy groups -OCH3 is 1. The Labute approximate surface area is 231 Å². The number of rotatable bonds is 7. The van der Waals surface area contributed by atoms with E-state index < -0.39 is 45.1 Å². The third-order valence-corrected chi connectivity index (χ3v) is 8.94. The number of hydrogen-bond acceptors (Lipinski definition) is 6. The van der Waals surface area contributed by atoms with Gasteiger partial charge in [-0.1, -0.05) is 74.0 Å². The van der Waals surface area contributed by atoms with Gasteiger partial charge in [-0.05, 0) is 47.8 Å².